The summed E-state index contributed by atoms with van der Waals surface area (Å²) in [5.74, 6) is -1.97. The second-order valence-corrected chi connectivity index (χ2v) is 5.88. The van der Waals surface area contributed by atoms with Crippen molar-refractivity contribution in [2.24, 2.45) is 0 Å². The molecule has 0 radical (unpaired) electrons. The molecule has 0 spiro atoms. The predicted octanol–water partition coefficient (Wildman–Crippen LogP) is 3.50. The summed E-state index contributed by atoms with van der Waals surface area (Å²) < 4.78 is 28.1. The zero-order valence-corrected chi connectivity index (χ0v) is 13.9. The van der Waals surface area contributed by atoms with Crippen molar-refractivity contribution in [2.75, 3.05) is 6.54 Å². The van der Waals surface area contributed by atoms with Crippen LogP contribution in [0.3, 0.4) is 0 Å². The molecule has 0 unspecified atom stereocenters. The third-order valence-electron chi connectivity index (χ3n) is 3.70. The van der Waals surface area contributed by atoms with Gasteiger partial charge in [0.15, 0.2) is 11.6 Å². The summed E-state index contributed by atoms with van der Waals surface area (Å²) in [6.07, 6.45) is 5.29. The highest BCUT2D eigenvalue weighted by molar-refractivity contribution is 5.86. The van der Waals surface area contributed by atoms with Crippen molar-refractivity contribution in [3.8, 4) is 0 Å². The van der Waals surface area contributed by atoms with E-state index in [0.29, 0.717) is 25.1 Å². The molecular weight excluding hydrogens is 312 g/mol. The lowest BCUT2D eigenvalue weighted by Gasteiger charge is -2.20. The van der Waals surface area contributed by atoms with E-state index < -0.39 is 11.6 Å². The molecule has 6 heteroatoms. The molecule has 1 aromatic carbocycles. The molecule has 0 fully saturated rings. The summed E-state index contributed by atoms with van der Waals surface area (Å²) in [7, 11) is 0. The Labute approximate surface area is 140 Å². The van der Waals surface area contributed by atoms with Crippen LogP contribution in [-0.2, 0) is 17.8 Å². The molecule has 1 amide bonds. The van der Waals surface area contributed by atoms with Gasteiger partial charge in [-0.3, -0.25) is 9.48 Å². The number of aromatic nitrogens is 2. The number of nitrogens with zero attached hydrogens (tertiary/aromatic N) is 3. The highest BCUT2D eigenvalue weighted by atomic mass is 19.2. The smallest absolute Gasteiger partial charge is 0.246 e. The molecule has 128 valence electrons. The first-order valence-corrected chi connectivity index (χ1v) is 7.79. The maximum atomic E-state index is 13.3. The summed E-state index contributed by atoms with van der Waals surface area (Å²) >= 11 is 0. The molecular formula is C18H21F2N3O. The van der Waals surface area contributed by atoms with Crippen LogP contribution in [0, 0.1) is 11.6 Å². The summed E-state index contributed by atoms with van der Waals surface area (Å²) in [6, 6.07) is 4.01. The SMILES string of the molecule is C=CC(=O)N(CCc1ccc(F)c(F)c1)Cc1cnn(C(C)C)c1. The molecule has 0 bridgehead atoms. The fraction of sp³-hybridized carbons (Fsp3) is 0.333. The third kappa shape index (κ3) is 4.50. The van der Waals surface area contributed by atoms with Crippen LogP contribution in [0.4, 0.5) is 8.78 Å². The Morgan fingerprint density at radius 3 is 2.67 bits per heavy atom. The summed E-state index contributed by atoms with van der Waals surface area (Å²) in [6.45, 7) is 8.32. The van der Waals surface area contributed by atoms with E-state index in [1.54, 1.807) is 11.1 Å². The lowest BCUT2D eigenvalue weighted by atomic mass is 10.1. The Morgan fingerprint density at radius 1 is 1.33 bits per heavy atom. The molecule has 1 heterocycles. The van der Waals surface area contributed by atoms with Crippen molar-refractivity contribution < 1.29 is 13.6 Å². The Balaban J connectivity index is 2.06. The maximum Gasteiger partial charge on any atom is 0.246 e. The van der Waals surface area contributed by atoms with E-state index in [0.717, 1.165) is 17.7 Å². The van der Waals surface area contributed by atoms with Crippen LogP contribution in [0.15, 0.2) is 43.2 Å². The molecule has 1 aromatic heterocycles. The van der Waals surface area contributed by atoms with Gasteiger partial charge in [-0.2, -0.15) is 5.10 Å². The summed E-state index contributed by atoms with van der Waals surface area (Å²) in [5, 5.41) is 4.26. The fourth-order valence-corrected chi connectivity index (χ4v) is 2.32. The van der Waals surface area contributed by atoms with Crippen molar-refractivity contribution in [3.05, 3.63) is 66.0 Å². The zero-order valence-electron chi connectivity index (χ0n) is 13.9. The van der Waals surface area contributed by atoms with Gasteiger partial charge in [0, 0.05) is 30.9 Å². The normalized spacial score (nSPS) is 10.9. The largest absolute Gasteiger partial charge is 0.334 e. The van der Waals surface area contributed by atoms with Crippen LogP contribution in [0.2, 0.25) is 0 Å². The second-order valence-electron chi connectivity index (χ2n) is 5.88. The molecule has 0 saturated heterocycles. The highest BCUT2D eigenvalue weighted by Gasteiger charge is 2.13. The van der Waals surface area contributed by atoms with Crippen LogP contribution in [0.25, 0.3) is 0 Å². The summed E-state index contributed by atoms with van der Waals surface area (Å²) in [4.78, 5) is 13.7. The lowest BCUT2D eigenvalue weighted by molar-refractivity contribution is -0.126. The molecule has 2 rings (SSSR count). The van der Waals surface area contributed by atoms with E-state index in [1.165, 1.54) is 12.1 Å². The van der Waals surface area contributed by atoms with Gasteiger partial charge in [0.25, 0.3) is 0 Å². The minimum absolute atomic E-state index is 0.213. The maximum absolute atomic E-state index is 13.3. The Hall–Kier alpha value is -2.50. The van der Waals surface area contributed by atoms with Gasteiger partial charge < -0.3 is 4.90 Å². The molecule has 0 aliphatic heterocycles. The molecule has 4 nitrogen and oxygen atoms in total. The molecule has 0 saturated carbocycles. The number of carbonyl (C=O) groups excluding carboxylic acids is 1. The first-order chi connectivity index (χ1) is 11.4. The predicted molar refractivity (Wildman–Crippen MR) is 88.3 cm³/mol. The van der Waals surface area contributed by atoms with E-state index in [2.05, 4.69) is 11.7 Å². The monoisotopic (exact) mass is 333 g/mol. The number of carbonyl (C=O) groups is 1. The Morgan fingerprint density at radius 2 is 2.08 bits per heavy atom. The average molecular weight is 333 g/mol. The Kier molecular flexibility index (Phi) is 5.84. The summed E-state index contributed by atoms with van der Waals surface area (Å²) in [5.41, 5.74) is 1.54. The van der Waals surface area contributed by atoms with E-state index in [1.807, 2.05) is 24.7 Å². The van der Waals surface area contributed by atoms with Crippen molar-refractivity contribution >= 4 is 5.91 Å². The van der Waals surface area contributed by atoms with E-state index in [4.69, 9.17) is 0 Å². The van der Waals surface area contributed by atoms with E-state index in [-0.39, 0.29) is 11.9 Å². The van der Waals surface area contributed by atoms with Crippen LogP contribution >= 0.6 is 0 Å². The molecule has 0 atom stereocenters. The number of amides is 1. The van der Waals surface area contributed by atoms with Gasteiger partial charge in [0.2, 0.25) is 5.91 Å². The van der Waals surface area contributed by atoms with Crippen LogP contribution < -0.4 is 0 Å². The third-order valence-corrected chi connectivity index (χ3v) is 3.70. The number of benzene rings is 1. The molecule has 0 aliphatic rings. The topological polar surface area (TPSA) is 38.1 Å². The lowest BCUT2D eigenvalue weighted by Crippen LogP contribution is -2.30. The van der Waals surface area contributed by atoms with E-state index >= 15 is 0 Å². The number of halogens is 2. The van der Waals surface area contributed by atoms with Crippen molar-refractivity contribution in [2.45, 2.75) is 32.9 Å². The Bertz CT molecular complexity index is 725. The van der Waals surface area contributed by atoms with Crippen LogP contribution in [0.1, 0.15) is 31.0 Å². The van der Waals surface area contributed by atoms with Gasteiger partial charge in [0.1, 0.15) is 0 Å². The standard InChI is InChI=1S/C18H21F2N3O/c1-4-18(24)22(11-15-10-21-23(12-15)13(2)3)8-7-14-5-6-16(19)17(20)9-14/h4-6,9-10,12-13H,1,7-8,11H2,2-3H3. The quantitative estimate of drug-likeness (QED) is 0.728. The second kappa shape index (κ2) is 7.86. The van der Waals surface area contributed by atoms with Gasteiger partial charge in [-0.05, 0) is 44.0 Å². The van der Waals surface area contributed by atoms with Gasteiger partial charge in [-0.1, -0.05) is 12.6 Å². The van der Waals surface area contributed by atoms with Crippen LogP contribution in [0.5, 0.6) is 0 Å². The van der Waals surface area contributed by atoms with Gasteiger partial charge in [-0.25, -0.2) is 8.78 Å². The first-order valence-electron chi connectivity index (χ1n) is 7.79. The van der Waals surface area contributed by atoms with Gasteiger partial charge in [-0.15, -0.1) is 0 Å². The highest BCUT2D eigenvalue weighted by Crippen LogP contribution is 2.12. The molecule has 0 aliphatic carbocycles. The minimum atomic E-state index is -0.882. The van der Waals surface area contributed by atoms with Crippen molar-refractivity contribution in [3.63, 3.8) is 0 Å². The molecule has 0 N–H and O–H groups in total. The zero-order chi connectivity index (χ0) is 17.7. The first kappa shape index (κ1) is 17.8. The van der Waals surface area contributed by atoms with E-state index in [9.17, 15) is 13.6 Å². The minimum Gasteiger partial charge on any atom is -0.334 e. The number of rotatable bonds is 7. The molecule has 24 heavy (non-hydrogen) atoms. The molecule has 2 aromatic rings. The average Bonchev–Trinajstić information content (AvgIpc) is 3.02. The van der Waals surface area contributed by atoms with Gasteiger partial charge >= 0.3 is 0 Å². The van der Waals surface area contributed by atoms with Gasteiger partial charge in [0.05, 0.1) is 6.20 Å². The fourth-order valence-electron chi connectivity index (χ4n) is 2.32. The number of hydrogen-bond acceptors (Lipinski definition) is 2. The number of hydrogen-bond donors (Lipinski definition) is 0. The van der Waals surface area contributed by atoms with Crippen molar-refractivity contribution in [1.29, 1.82) is 0 Å². The van der Waals surface area contributed by atoms with Crippen LogP contribution in [-0.4, -0.2) is 27.1 Å². The van der Waals surface area contributed by atoms with Crippen molar-refractivity contribution in [1.82, 2.24) is 14.7 Å².